The van der Waals surface area contributed by atoms with Crippen molar-refractivity contribution in [1.29, 1.82) is 5.26 Å². The second kappa shape index (κ2) is 11.7. The molecule has 0 fully saturated rings. The van der Waals surface area contributed by atoms with Crippen LogP contribution in [-0.4, -0.2) is 38.4 Å². The van der Waals surface area contributed by atoms with Crippen LogP contribution in [0.15, 0.2) is 66.9 Å². The molecule has 10 heteroatoms. The third-order valence-electron chi connectivity index (χ3n) is 5.23. The average molecular weight is 503 g/mol. The van der Waals surface area contributed by atoms with E-state index in [0.717, 1.165) is 6.07 Å². The normalized spacial score (nSPS) is 10.4. The summed E-state index contributed by atoms with van der Waals surface area (Å²) >= 11 is 0. The Bertz CT molecular complexity index is 1450. The Balaban J connectivity index is 1.49. The van der Waals surface area contributed by atoms with Crippen molar-refractivity contribution in [3.63, 3.8) is 0 Å². The molecule has 0 saturated carbocycles. The zero-order chi connectivity index (χ0) is 26.2. The van der Waals surface area contributed by atoms with Gasteiger partial charge < -0.3 is 29.6 Å². The maximum absolute atomic E-state index is 14.8. The maximum Gasteiger partial charge on any atom is 0.323 e. The van der Waals surface area contributed by atoms with Gasteiger partial charge >= 0.3 is 6.03 Å². The van der Waals surface area contributed by atoms with Crippen molar-refractivity contribution in [2.45, 2.75) is 0 Å². The lowest BCUT2D eigenvalue weighted by molar-refractivity contribution is 0.146. The molecule has 2 amide bonds. The maximum atomic E-state index is 14.8. The first-order chi connectivity index (χ1) is 18.0. The zero-order valence-electron chi connectivity index (χ0n) is 20.1. The summed E-state index contributed by atoms with van der Waals surface area (Å²) in [4.78, 5) is 16.6. The fourth-order valence-corrected chi connectivity index (χ4v) is 3.43. The minimum Gasteiger partial charge on any atom is -0.497 e. The molecule has 0 aliphatic rings. The van der Waals surface area contributed by atoms with Crippen molar-refractivity contribution in [1.82, 2.24) is 4.98 Å². The van der Waals surface area contributed by atoms with Crippen molar-refractivity contribution < 1.29 is 28.1 Å². The van der Waals surface area contributed by atoms with Crippen LogP contribution in [0.5, 0.6) is 23.0 Å². The van der Waals surface area contributed by atoms with E-state index in [9.17, 15) is 14.4 Å². The predicted octanol–water partition coefficient (Wildman–Crippen LogP) is 5.72. The molecule has 9 nitrogen and oxygen atoms in total. The van der Waals surface area contributed by atoms with Crippen LogP contribution >= 0.6 is 0 Å². The Morgan fingerprint density at radius 2 is 1.76 bits per heavy atom. The number of amides is 2. The van der Waals surface area contributed by atoms with Gasteiger partial charge in [-0.2, -0.15) is 5.26 Å². The summed E-state index contributed by atoms with van der Waals surface area (Å²) in [5.74, 6) is 0.917. The lowest BCUT2D eigenvalue weighted by atomic mass is 10.1. The minimum absolute atomic E-state index is 0.0254. The van der Waals surface area contributed by atoms with E-state index in [1.807, 2.05) is 0 Å². The Labute approximate surface area is 212 Å². The zero-order valence-corrected chi connectivity index (χ0v) is 20.1. The molecule has 4 rings (SSSR count). The van der Waals surface area contributed by atoms with Crippen molar-refractivity contribution in [3.8, 4) is 29.1 Å². The molecule has 1 aromatic heterocycles. The molecule has 0 spiro atoms. The van der Waals surface area contributed by atoms with Gasteiger partial charge in [0, 0.05) is 36.5 Å². The minimum atomic E-state index is -0.688. The first kappa shape index (κ1) is 25.2. The van der Waals surface area contributed by atoms with Gasteiger partial charge in [0.2, 0.25) is 0 Å². The lowest BCUT2D eigenvalue weighted by Crippen LogP contribution is -2.20. The van der Waals surface area contributed by atoms with E-state index in [2.05, 4.69) is 21.7 Å². The number of hydrogen-bond acceptors (Lipinski definition) is 7. The summed E-state index contributed by atoms with van der Waals surface area (Å²) in [7, 11) is 3.10. The Morgan fingerprint density at radius 1 is 0.973 bits per heavy atom. The lowest BCUT2D eigenvalue weighted by Gasteiger charge is -2.13. The number of urea groups is 1. The van der Waals surface area contributed by atoms with Crippen LogP contribution in [-0.2, 0) is 4.74 Å². The smallest absolute Gasteiger partial charge is 0.323 e. The second-order valence-corrected chi connectivity index (χ2v) is 7.68. The van der Waals surface area contributed by atoms with Crippen LogP contribution in [0, 0.1) is 17.1 Å². The molecule has 0 aliphatic carbocycles. The van der Waals surface area contributed by atoms with E-state index < -0.39 is 11.8 Å². The van der Waals surface area contributed by atoms with Gasteiger partial charge in [-0.3, -0.25) is 4.98 Å². The molecule has 2 N–H and O–H groups in total. The number of carbonyl (C=O) groups is 1. The molecule has 0 radical (unpaired) electrons. The third kappa shape index (κ3) is 6.22. The van der Waals surface area contributed by atoms with Gasteiger partial charge in [-0.05, 0) is 48.5 Å². The number of halogens is 1. The molecule has 3 aromatic carbocycles. The number of methoxy groups -OCH3 is 2. The number of anilines is 2. The van der Waals surface area contributed by atoms with E-state index in [0.29, 0.717) is 46.0 Å². The molecule has 0 bridgehead atoms. The highest BCUT2D eigenvalue weighted by atomic mass is 19.1. The molecule has 0 atom stereocenters. The van der Waals surface area contributed by atoms with Gasteiger partial charge in [0.05, 0.1) is 30.5 Å². The van der Waals surface area contributed by atoms with Crippen molar-refractivity contribution >= 4 is 28.3 Å². The van der Waals surface area contributed by atoms with E-state index in [1.165, 1.54) is 12.1 Å². The summed E-state index contributed by atoms with van der Waals surface area (Å²) in [6.45, 7) is 0.656. The van der Waals surface area contributed by atoms with Crippen LogP contribution in [0.2, 0.25) is 0 Å². The van der Waals surface area contributed by atoms with Gasteiger partial charge in [0.1, 0.15) is 41.5 Å². The number of benzene rings is 3. The number of nitrogens with zero attached hydrogens (tertiary/aromatic N) is 2. The number of rotatable bonds is 9. The van der Waals surface area contributed by atoms with E-state index in [-0.39, 0.29) is 18.0 Å². The highest BCUT2D eigenvalue weighted by Gasteiger charge is 2.13. The van der Waals surface area contributed by atoms with Crippen molar-refractivity contribution in [2.75, 3.05) is 38.1 Å². The summed E-state index contributed by atoms with van der Waals surface area (Å²) in [6.07, 6.45) is 1.54. The number of hydrogen-bond donors (Lipinski definition) is 2. The topological polar surface area (TPSA) is 115 Å². The van der Waals surface area contributed by atoms with Crippen LogP contribution < -0.4 is 24.8 Å². The molecule has 0 aliphatic heterocycles. The summed E-state index contributed by atoms with van der Waals surface area (Å²) in [5.41, 5.74) is 1.34. The van der Waals surface area contributed by atoms with Crippen LogP contribution in [0.4, 0.5) is 20.6 Å². The first-order valence-corrected chi connectivity index (χ1v) is 11.1. The molecule has 0 unspecified atom stereocenters. The Hall–Kier alpha value is -4.88. The SMILES string of the molecule is COCCOc1cc2nccc(Oc3ccc(NC(=O)Nc4ccc(OC)cc4)c(F)c3)c2cc1C#N. The number of aromatic nitrogens is 1. The first-order valence-electron chi connectivity index (χ1n) is 11.1. The summed E-state index contributed by atoms with van der Waals surface area (Å²) in [5, 5.41) is 15.2. The van der Waals surface area contributed by atoms with Crippen LogP contribution in [0.3, 0.4) is 0 Å². The van der Waals surface area contributed by atoms with Crippen LogP contribution in [0.25, 0.3) is 10.9 Å². The standard InChI is InChI=1S/C27H23FN4O5/c1-34-11-12-36-26-15-24-21(13-17(26)16-29)25(9-10-30-24)37-20-7-8-23(22(28)14-20)32-27(33)31-18-3-5-19(35-2)6-4-18/h3-10,13-15H,11-12H2,1-2H3,(H2,31,32,33). The third-order valence-corrected chi connectivity index (χ3v) is 5.23. The number of fused-ring (bicyclic) bond motifs is 1. The largest absolute Gasteiger partial charge is 0.497 e. The summed E-state index contributed by atoms with van der Waals surface area (Å²) in [6, 6.07) is 17.1. The fraction of sp³-hybridized carbons (Fsp3) is 0.148. The molecule has 4 aromatic rings. The molecule has 0 saturated heterocycles. The number of nitriles is 1. The van der Waals surface area contributed by atoms with E-state index >= 15 is 0 Å². The molecule has 1 heterocycles. The van der Waals surface area contributed by atoms with Gasteiger partial charge in [-0.1, -0.05) is 0 Å². The number of pyridine rings is 1. The number of ether oxygens (including phenoxy) is 4. The average Bonchev–Trinajstić information content (AvgIpc) is 2.90. The van der Waals surface area contributed by atoms with Gasteiger partial charge in [0.25, 0.3) is 0 Å². The van der Waals surface area contributed by atoms with E-state index in [4.69, 9.17) is 18.9 Å². The monoisotopic (exact) mass is 502 g/mol. The predicted molar refractivity (Wildman–Crippen MR) is 136 cm³/mol. The number of carbonyl (C=O) groups excluding carboxylic acids is 1. The van der Waals surface area contributed by atoms with Gasteiger partial charge in [-0.15, -0.1) is 0 Å². The summed E-state index contributed by atoms with van der Waals surface area (Å²) < 4.78 is 36.3. The van der Waals surface area contributed by atoms with E-state index in [1.54, 1.807) is 62.9 Å². The molecular weight excluding hydrogens is 479 g/mol. The quantitative estimate of drug-likeness (QED) is 0.282. The molecule has 37 heavy (non-hydrogen) atoms. The van der Waals surface area contributed by atoms with Gasteiger partial charge in [0.15, 0.2) is 0 Å². The highest BCUT2D eigenvalue weighted by Crippen LogP contribution is 2.34. The van der Waals surface area contributed by atoms with Crippen LogP contribution in [0.1, 0.15) is 5.56 Å². The second-order valence-electron chi connectivity index (χ2n) is 7.68. The van der Waals surface area contributed by atoms with Crippen molar-refractivity contribution in [2.24, 2.45) is 0 Å². The van der Waals surface area contributed by atoms with Crippen molar-refractivity contribution in [3.05, 3.63) is 78.2 Å². The Morgan fingerprint density at radius 3 is 2.46 bits per heavy atom. The molecular formula is C27H23FN4O5. The van der Waals surface area contributed by atoms with Gasteiger partial charge in [-0.25, -0.2) is 9.18 Å². The fourth-order valence-electron chi connectivity index (χ4n) is 3.43. The Kier molecular flexibility index (Phi) is 7.98. The molecule has 188 valence electrons. The highest BCUT2D eigenvalue weighted by molar-refractivity contribution is 5.99. The number of nitrogens with one attached hydrogen (secondary N) is 2.